The van der Waals surface area contributed by atoms with E-state index in [-0.39, 0.29) is 0 Å². The van der Waals surface area contributed by atoms with Crippen LogP contribution in [-0.4, -0.2) is 38.8 Å². The van der Waals surface area contributed by atoms with Crippen LogP contribution in [0.4, 0.5) is 0 Å². The Morgan fingerprint density at radius 3 is 1.45 bits per heavy atom. The summed E-state index contributed by atoms with van der Waals surface area (Å²) in [6.45, 7) is 5.42. The Kier molecular flexibility index (Phi) is 8.15. The van der Waals surface area contributed by atoms with E-state index >= 15 is 0 Å². The van der Waals surface area contributed by atoms with Crippen molar-refractivity contribution < 1.29 is 14.2 Å². The lowest BCUT2D eigenvalue weighted by Crippen LogP contribution is -2.05. The van der Waals surface area contributed by atoms with Gasteiger partial charge in [-0.2, -0.15) is 0 Å². The minimum absolute atomic E-state index is 0.569. The van der Waals surface area contributed by atoms with Crippen LogP contribution in [0.2, 0.25) is 0 Å². The van der Waals surface area contributed by atoms with E-state index in [9.17, 15) is 0 Å². The van der Waals surface area contributed by atoms with Crippen molar-refractivity contribution in [3.8, 4) is 17.2 Å². The van der Waals surface area contributed by atoms with Gasteiger partial charge in [0.05, 0.1) is 0 Å². The Hall–Kier alpha value is -3.41. The molecule has 2 aromatic carbocycles. The lowest BCUT2D eigenvalue weighted by atomic mass is 10.1. The predicted molar refractivity (Wildman–Crippen MR) is 121 cm³/mol. The average Bonchev–Trinajstić information content (AvgIpc) is 2.72. The molecule has 0 saturated heterocycles. The van der Waals surface area contributed by atoms with Gasteiger partial charge in [-0.3, -0.25) is 15.0 Å². The first-order valence-electron chi connectivity index (χ1n) is 9.20. The third-order valence-electron chi connectivity index (χ3n) is 3.99. The summed E-state index contributed by atoms with van der Waals surface area (Å²) in [5.74, 6) is 3.80. The van der Waals surface area contributed by atoms with Gasteiger partial charge in [0.25, 0.3) is 0 Å². The van der Waals surface area contributed by atoms with E-state index in [1.54, 1.807) is 35.0 Å². The van der Waals surface area contributed by atoms with E-state index in [1.165, 1.54) is 0 Å². The maximum Gasteiger partial charge on any atom is 0.186 e. The zero-order valence-corrected chi connectivity index (χ0v) is 17.8. The molecule has 152 valence electrons. The predicted octanol–water partition coefficient (Wildman–Crippen LogP) is 5.14. The highest BCUT2D eigenvalue weighted by molar-refractivity contribution is 5.79. The van der Waals surface area contributed by atoms with Crippen molar-refractivity contribution in [1.29, 1.82) is 0 Å². The van der Waals surface area contributed by atoms with Crippen molar-refractivity contribution in [2.45, 2.75) is 20.8 Å². The molecule has 0 spiro atoms. The van der Waals surface area contributed by atoms with Crippen LogP contribution in [0.25, 0.3) is 12.2 Å². The number of aliphatic imine (C=N–C) groups is 3. The fourth-order valence-electron chi connectivity index (χ4n) is 2.30. The molecule has 0 atom stereocenters. The highest BCUT2D eigenvalue weighted by Crippen LogP contribution is 2.25. The van der Waals surface area contributed by atoms with Crippen LogP contribution >= 0.6 is 0 Å². The molecule has 2 aromatic rings. The number of ether oxygens (including phenoxy) is 3. The van der Waals surface area contributed by atoms with Gasteiger partial charge in [-0.05, 0) is 35.4 Å². The van der Waals surface area contributed by atoms with E-state index in [4.69, 9.17) is 14.2 Å². The van der Waals surface area contributed by atoms with E-state index in [1.807, 2.05) is 61.5 Å². The molecule has 0 aliphatic heterocycles. The molecule has 0 saturated carbocycles. The van der Waals surface area contributed by atoms with Gasteiger partial charge >= 0.3 is 0 Å². The standard InChI is InChI=1S/C23H27N3O3/c1-16(24-4)27-21-11-9-19(10-12-21)7-8-20-13-22(28-17(2)25-5)15-23(14-20)29-18(3)26-6/h7-15H,1-6H3/b8-7-,24-16+,25-17+,26-18+. The topological polar surface area (TPSA) is 64.8 Å². The van der Waals surface area contributed by atoms with Crippen LogP contribution < -0.4 is 14.2 Å². The van der Waals surface area contributed by atoms with Gasteiger partial charge in [-0.25, -0.2) is 0 Å². The number of hydrogen-bond donors (Lipinski definition) is 0. The first kappa shape index (κ1) is 21.9. The molecule has 6 heteroatoms. The van der Waals surface area contributed by atoms with Crippen LogP contribution in [0, 0.1) is 0 Å². The van der Waals surface area contributed by atoms with Gasteiger partial charge in [0.15, 0.2) is 17.7 Å². The molecule has 0 fully saturated rings. The summed E-state index contributed by atoms with van der Waals surface area (Å²) < 4.78 is 17.1. The largest absolute Gasteiger partial charge is 0.444 e. The molecular formula is C23H27N3O3. The zero-order valence-electron chi connectivity index (χ0n) is 17.8. The molecular weight excluding hydrogens is 366 g/mol. The van der Waals surface area contributed by atoms with Crippen molar-refractivity contribution in [3.05, 3.63) is 53.6 Å². The quantitative estimate of drug-likeness (QED) is 0.401. The van der Waals surface area contributed by atoms with Gasteiger partial charge in [-0.15, -0.1) is 0 Å². The minimum atomic E-state index is 0.569. The van der Waals surface area contributed by atoms with Gasteiger partial charge < -0.3 is 14.2 Å². The monoisotopic (exact) mass is 393 g/mol. The van der Waals surface area contributed by atoms with Gasteiger partial charge in [0, 0.05) is 48.0 Å². The lowest BCUT2D eigenvalue weighted by molar-refractivity contribution is 0.521. The maximum absolute atomic E-state index is 5.74. The highest BCUT2D eigenvalue weighted by Gasteiger charge is 2.05. The zero-order chi connectivity index (χ0) is 21.2. The molecule has 0 radical (unpaired) electrons. The molecule has 2 rings (SSSR count). The summed E-state index contributed by atoms with van der Waals surface area (Å²) in [5.41, 5.74) is 1.97. The van der Waals surface area contributed by atoms with Crippen LogP contribution in [0.1, 0.15) is 31.9 Å². The molecule has 0 N–H and O–H groups in total. The second kappa shape index (κ2) is 10.8. The average molecular weight is 393 g/mol. The third kappa shape index (κ3) is 7.25. The van der Waals surface area contributed by atoms with Crippen molar-refractivity contribution in [2.24, 2.45) is 15.0 Å². The normalized spacial score (nSPS) is 13.0. The summed E-state index contributed by atoms with van der Waals surface area (Å²) in [6.07, 6.45) is 4.00. The Labute approximate surface area is 172 Å². The SMILES string of the molecule is C/N=C(\C)Oc1ccc(/C=C\c2cc(O/C(C)=N/C)cc(O/C(C)=N/C)c2)cc1. The fourth-order valence-corrected chi connectivity index (χ4v) is 2.30. The van der Waals surface area contributed by atoms with Crippen LogP contribution in [0.5, 0.6) is 17.2 Å². The van der Waals surface area contributed by atoms with Crippen LogP contribution in [0.3, 0.4) is 0 Å². The first-order valence-corrected chi connectivity index (χ1v) is 9.20. The van der Waals surface area contributed by atoms with Crippen molar-refractivity contribution in [3.63, 3.8) is 0 Å². The van der Waals surface area contributed by atoms with Crippen LogP contribution in [0.15, 0.2) is 57.4 Å². The van der Waals surface area contributed by atoms with E-state index in [2.05, 4.69) is 15.0 Å². The van der Waals surface area contributed by atoms with Crippen molar-refractivity contribution >= 4 is 29.8 Å². The van der Waals surface area contributed by atoms with Gasteiger partial charge in [-0.1, -0.05) is 24.3 Å². The molecule has 0 amide bonds. The Morgan fingerprint density at radius 1 is 0.586 bits per heavy atom. The summed E-state index contributed by atoms with van der Waals surface area (Å²) in [7, 11) is 5.07. The number of hydrogen-bond acceptors (Lipinski definition) is 6. The van der Waals surface area contributed by atoms with E-state index in [0.29, 0.717) is 29.2 Å². The Morgan fingerprint density at radius 2 is 1.00 bits per heavy atom. The number of benzene rings is 2. The number of rotatable bonds is 5. The molecule has 0 aliphatic rings. The Balaban J connectivity index is 2.25. The second-order valence-electron chi connectivity index (χ2n) is 6.17. The molecule has 0 bridgehead atoms. The summed E-state index contributed by atoms with van der Waals surface area (Å²) >= 11 is 0. The number of nitrogens with zero attached hydrogens (tertiary/aromatic N) is 3. The molecule has 0 aromatic heterocycles. The first-order chi connectivity index (χ1) is 13.9. The molecule has 29 heavy (non-hydrogen) atoms. The van der Waals surface area contributed by atoms with Crippen LogP contribution in [-0.2, 0) is 0 Å². The van der Waals surface area contributed by atoms with Crippen molar-refractivity contribution in [1.82, 2.24) is 0 Å². The molecule has 0 aliphatic carbocycles. The van der Waals surface area contributed by atoms with Gasteiger partial charge in [0.2, 0.25) is 0 Å². The molecule has 0 heterocycles. The van der Waals surface area contributed by atoms with E-state index in [0.717, 1.165) is 16.9 Å². The summed E-state index contributed by atoms with van der Waals surface area (Å²) in [4.78, 5) is 12.1. The highest BCUT2D eigenvalue weighted by atomic mass is 16.5. The van der Waals surface area contributed by atoms with Gasteiger partial charge in [0.1, 0.15) is 17.2 Å². The molecule has 0 unspecified atom stereocenters. The summed E-state index contributed by atoms with van der Waals surface area (Å²) in [6, 6.07) is 13.4. The smallest absolute Gasteiger partial charge is 0.186 e. The van der Waals surface area contributed by atoms with E-state index < -0.39 is 0 Å². The maximum atomic E-state index is 5.74. The lowest BCUT2D eigenvalue weighted by Gasteiger charge is -2.10. The fraction of sp³-hybridized carbons (Fsp3) is 0.261. The summed E-state index contributed by atoms with van der Waals surface area (Å²) in [5, 5.41) is 0. The Bertz CT molecular complexity index is 904. The third-order valence-corrected chi connectivity index (χ3v) is 3.99. The van der Waals surface area contributed by atoms with Crippen molar-refractivity contribution in [2.75, 3.05) is 21.1 Å². The second-order valence-corrected chi connectivity index (χ2v) is 6.17. The molecule has 6 nitrogen and oxygen atoms in total. The minimum Gasteiger partial charge on any atom is -0.444 e.